The van der Waals surface area contributed by atoms with Crippen LogP contribution in [0.3, 0.4) is 0 Å². The van der Waals surface area contributed by atoms with Crippen molar-refractivity contribution in [3.63, 3.8) is 0 Å². The third-order valence-corrected chi connectivity index (χ3v) is 3.23. The molecular weight excluding hydrogens is 194 g/mol. The van der Waals surface area contributed by atoms with Gasteiger partial charge in [-0.25, -0.2) is 0 Å². The minimum atomic E-state index is -0.227. The number of rotatable bonds is 1. The Hall–Kier alpha value is -1.32. The smallest absolute Gasteiger partial charge is 0.314 e. The van der Waals surface area contributed by atoms with Gasteiger partial charge in [0.2, 0.25) is 0 Å². The van der Waals surface area contributed by atoms with Crippen molar-refractivity contribution >= 4 is 11.8 Å². The van der Waals surface area contributed by atoms with Crippen LogP contribution in [0.25, 0.3) is 0 Å². The molecule has 0 bridgehead atoms. The highest BCUT2D eigenvalue weighted by molar-refractivity contribution is 5.99. The van der Waals surface area contributed by atoms with Gasteiger partial charge in [-0.1, -0.05) is 0 Å². The van der Waals surface area contributed by atoms with E-state index in [1.165, 1.54) is 7.11 Å². The molecule has 0 fully saturated rings. The van der Waals surface area contributed by atoms with Gasteiger partial charge in [0.15, 0.2) is 5.78 Å². The van der Waals surface area contributed by atoms with E-state index < -0.39 is 0 Å². The first-order valence-corrected chi connectivity index (χ1v) is 5.20. The monoisotopic (exact) mass is 209 g/mol. The van der Waals surface area contributed by atoms with E-state index in [0.717, 1.165) is 24.2 Å². The molecule has 2 rings (SSSR count). The summed E-state index contributed by atoms with van der Waals surface area (Å²) in [5, 5.41) is 0. The predicted octanol–water partition coefficient (Wildman–Crippen LogP) is 0.728. The molecule has 1 aliphatic heterocycles. The van der Waals surface area contributed by atoms with E-state index in [1.54, 1.807) is 0 Å². The average Bonchev–Trinajstić information content (AvgIpc) is 2.62. The summed E-state index contributed by atoms with van der Waals surface area (Å²) in [6, 6.07) is 0. The Morgan fingerprint density at radius 2 is 2.20 bits per heavy atom. The van der Waals surface area contributed by atoms with E-state index in [2.05, 4.69) is 0 Å². The number of carbonyl (C=O) groups is 2. The molecular formula is C11H15NO3. The average molecular weight is 209 g/mol. The van der Waals surface area contributed by atoms with Crippen LogP contribution in [-0.4, -0.2) is 37.4 Å². The van der Waals surface area contributed by atoms with Gasteiger partial charge in [0.1, 0.15) is 0 Å². The number of hydrogen-bond acceptors (Lipinski definition) is 4. The zero-order valence-electron chi connectivity index (χ0n) is 9.08. The molecule has 0 amide bonds. The fraction of sp³-hybridized carbons (Fsp3) is 0.636. The largest absolute Gasteiger partial charge is 0.469 e. The molecule has 1 aliphatic carbocycles. The van der Waals surface area contributed by atoms with Gasteiger partial charge in [-0.05, 0) is 12.8 Å². The second kappa shape index (κ2) is 3.68. The van der Waals surface area contributed by atoms with Crippen LogP contribution in [0.4, 0.5) is 0 Å². The molecule has 82 valence electrons. The summed E-state index contributed by atoms with van der Waals surface area (Å²) in [5.74, 6) is -0.242. The SMILES string of the molecule is COC(=O)C1CCC(=O)C2=C1N(C)CC2. The van der Waals surface area contributed by atoms with E-state index in [1.807, 2.05) is 11.9 Å². The van der Waals surface area contributed by atoms with Gasteiger partial charge < -0.3 is 9.64 Å². The number of Topliss-reactive ketones (excluding diaryl/α,β-unsaturated/α-hetero) is 1. The fourth-order valence-electron chi connectivity index (χ4n) is 2.45. The highest BCUT2D eigenvalue weighted by Crippen LogP contribution is 2.36. The maximum Gasteiger partial charge on any atom is 0.314 e. The Labute approximate surface area is 88.9 Å². The first kappa shape index (κ1) is 10.2. The predicted molar refractivity (Wildman–Crippen MR) is 54.0 cm³/mol. The van der Waals surface area contributed by atoms with E-state index in [9.17, 15) is 9.59 Å². The molecule has 4 heteroatoms. The lowest BCUT2D eigenvalue weighted by atomic mass is 9.86. The number of ether oxygens (including phenoxy) is 1. The van der Waals surface area contributed by atoms with Crippen LogP contribution in [-0.2, 0) is 14.3 Å². The van der Waals surface area contributed by atoms with Crippen LogP contribution in [0.15, 0.2) is 11.3 Å². The van der Waals surface area contributed by atoms with Gasteiger partial charge in [0.05, 0.1) is 13.0 Å². The summed E-state index contributed by atoms with van der Waals surface area (Å²) >= 11 is 0. The van der Waals surface area contributed by atoms with Crippen molar-refractivity contribution < 1.29 is 14.3 Å². The van der Waals surface area contributed by atoms with Gasteiger partial charge in [-0.3, -0.25) is 9.59 Å². The lowest BCUT2D eigenvalue weighted by Gasteiger charge is -2.26. The van der Waals surface area contributed by atoms with Crippen LogP contribution in [0.2, 0.25) is 0 Å². The number of methoxy groups -OCH3 is 1. The first-order valence-electron chi connectivity index (χ1n) is 5.20. The Kier molecular flexibility index (Phi) is 2.50. The minimum absolute atomic E-state index is 0.203. The molecule has 0 aromatic rings. The van der Waals surface area contributed by atoms with E-state index in [-0.39, 0.29) is 17.7 Å². The van der Waals surface area contributed by atoms with Crippen molar-refractivity contribution in [3.8, 4) is 0 Å². The summed E-state index contributed by atoms with van der Waals surface area (Å²) in [6.07, 6.45) is 1.85. The highest BCUT2D eigenvalue weighted by Gasteiger charge is 2.38. The topological polar surface area (TPSA) is 46.6 Å². The second-order valence-corrected chi connectivity index (χ2v) is 4.07. The van der Waals surface area contributed by atoms with Gasteiger partial charge in [0.25, 0.3) is 0 Å². The lowest BCUT2D eigenvalue weighted by molar-refractivity contribution is -0.145. The highest BCUT2D eigenvalue weighted by atomic mass is 16.5. The number of carbonyl (C=O) groups excluding carboxylic acids is 2. The lowest BCUT2D eigenvalue weighted by Crippen LogP contribution is -2.30. The van der Waals surface area contributed by atoms with E-state index in [0.29, 0.717) is 12.8 Å². The zero-order valence-corrected chi connectivity index (χ0v) is 9.08. The Bertz CT molecular complexity index is 346. The van der Waals surface area contributed by atoms with Crippen LogP contribution >= 0.6 is 0 Å². The van der Waals surface area contributed by atoms with Gasteiger partial charge in [0, 0.05) is 31.3 Å². The van der Waals surface area contributed by atoms with Crippen molar-refractivity contribution in [1.29, 1.82) is 0 Å². The van der Waals surface area contributed by atoms with E-state index >= 15 is 0 Å². The molecule has 1 atom stereocenters. The van der Waals surface area contributed by atoms with Crippen LogP contribution in [0.5, 0.6) is 0 Å². The molecule has 0 saturated carbocycles. The Balaban J connectivity index is 2.35. The molecule has 0 saturated heterocycles. The summed E-state index contributed by atoms with van der Waals surface area (Å²) in [7, 11) is 3.32. The second-order valence-electron chi connectivity index (χ2n) is 4.07. The van der Waals surface area contributed by atoms with Crippen molar-refractivity contribution in [2.45, 2.75) is 19.3 Å². The quantitative estimate of drug-likeness (QED) is 0.597. The Morgan fingerprint density at radius 3 is 2.87 bits per heavy atom. The molecule has 2 aliphatic rings. The third kappa shape index (κ3) is 1.54. The van der Waals surface area contributed by atoms with Crippen LogP contribution in [0.1, 0.15) is 19.3 Å². The van der Waals surface area contributed by atoms with Gasteiger partial charge >= 0.3 is 5.97 Å². The summed E-state index contributed by atoms with van der Waals surface area (Å²) < 4.78 is 4.77. The van der Waals surface area contributed by atoms with Crippen molar-refractivity contribution in [2.24, 2.45) is 5.92 Å². The molecule has 0 N–H and O–H groups in total. The van der Waals surface area contributed by atoms with E-state index in [4.69, 9.17) is 4.74 Å². The fourth-order valence-corrected chi connectivity index (χ4v) is 2.45. The minimum Gasteiger partial charge on any atom is -0.469 e. The van der Waals surface area contributed by atoms with Gasteiger partial charge in [-0.15, -0.1) is 0 Å². The van der Waals surface area contributed by atoms with Crippen molar-refractivity contribution in [3.05, 3.63) is 11.3 Å². The zero-order chi connectivity index (χ0) is 11.0. The normalized spacial score (nSPS) is 25.6. The molecule has 15 heavy (non-hydrogen) atoms. The maximum absolute atomic E-state index is 11.6. The van der Waals surface area contributed by atoms with Gasteiger partial charge in [-0.2, -0.15) is 0 Å². The molecule has 0 aromatic heterocycles. The summed E-state index contributed by atoms with van der Waals surface area (Å²) in [5.41, 5.74) is 1.75. The summed E-state index contributed by atoms with van der Waals surface area (Å²) in [6.45, 7) is 0.837. The number of ketones is 1. The molecule has 0 spiro atoms. The molecule has 0 radical (unpaired) electrons. The third-order valence-electron chi connectivity index (χ3n) is 3.23. The molecule has 4 nitrogen and oxygen atoms in total. The van der Waals surface area contributed by atoms with Crippen molar-refractivity contribution in [1.82, 2.24) is 4.90 Å². The summed E-state index contributed by atoms with van der Waals surface area (Å²) in [4.78, 5) is 25.2. The Morgan fingerprint density at radius 1 is 1.47 bits per heavy atom. The van der Waals surface area contributed by atoms with Crippen LogP contribution < -0.4 is 0 Å². The number of nitrogens with zero attached hydrogens (tertiary/aromatic N) is 1. The molecule has 1 heterocycles. The number of esters is 1. The van der Waals surface area contributed by atoms with Crippen LogP contribution in [0, 0.1) is 5.92 Å². The number of hydrogen-bond donors (Lipinski definition) is 0. The van der Waals surface area contributed by atoms with Crippen molar-refractivity contribution in [2.75, 3.05) is 20.7 Å². The molecule has 0 aromatic carbocycles. The maximum atomic E-state index is 11.6. The standard InChI is InChI=1S/C11H15NO3/c1-12-6-5-7-9(13)4-3-8(10(7)12)11(14)15-2/h8H,3-6H2,1-2H3. The molecule has 1 unspecified atom stereocenters. The first-order chi connectivity index (χ1) is 7.15.